The number of hydrogen-bond donors (Lipinski definition) is 0. The summed E-state index contributed by atoms with van der Waals surface area (Å²) in [6.45, 7) is 1.74. The molecule has 0 radical (unpaired) electrons. The van der Waals surface area contributed by atoms with Gasteiger partial charge in [0.25, 0.3) is 11.7 Å². The number of rotatable bonds is 3. The Morgan fingerprint density at radius 1 is 1.29 bits per heavy atom. The number of nitrogens with zero attached hydrogens (tertiary/aromatic N) is 2. The van der Waals surface area contributed by atoms with Crippen molar-refractivity contribution in [2.75, 3.05) is 25.0 Å². The van der Waals surface area contributed by atoms with E-state index in [2.05, 4.69) is 27.9 Å². The molecule has 0 saturated carbocycles. The largest absolute Gasteiger partial charge is 0.305 e. The van der Waals surface area contributed by atoms with Crippen LogP contribution in [0.1, 0.15) is 36.0 Å². The molecule has 5 heteroatoms. The Hall–Kier alpha value is -1.20. The fourth-order valence-electron chi connectivity index (χ4n) is 3.31. The van der Waals surface area contributed by atoms with Crippen LogP contribution >= 0.6 is 15.9 Å². The molecule has 3 rings (SSSR count). The van der Waals surface area contributed by atoms with E-state index < -0.39 is 11.7 Å². The first kappa shape index (κ1) is 14.7. The fourth-order valence-corrected chi connectivity index (χ4v) is 3.85. The number of ketones is 1. The number of carbonyl (C=O) groups excluding carboxylic acids is 2. The van der Waals surface area contributed by atoms with Crippen LogP contribution < -0.4 is 4.90 Å². The molecule has 0 aromatic heterocycles. The molecule has 0 spiro atoms. The predicted octanol–water partition coefficient (Wildman–Crippen LogP) is 2.85. The molecule has 112 valence electrons. The summed E-state index contributed by atoms with van der Waals surface area (Å²) in [4.78, 5) is 28.3. The average Bonchev–Trinajstić information content (AvgIpc) is 2.72. The van der Waals surface area contributed by atoms with Crippen molar-refractivity contribution in [2.24, 2.45) is 0 Å². The molecule has 0 N–H and O–H groups in total. The Morgan fingerprint density at radius 2 is 2.10 bits per heavy atom. The first-order valence-corrected chi connectivity index (χ1v) is 8.24. The number of amides is 1. The van der Waals surface area contributed by atoms with Crippen LogP contribution in [-0.2, 0) is 4.79 Å². The smallest absolute Gasteiger partial charge is 0.299 e. The van der Waals surface area contributed by atoms with Crippen molar-refractivity contribution in [2.45, 2.75) is 31.7 Å². The van der Waals surface area contributed by atoms with E-state index in [0.29, 0.717) is 22.6 Å². The van der Waals surface area contributed by atoms with E-state index >= 15 is 0 Å². The number of piperidine rings is 1. The van der Waals surface area contributed by atoms with Crippen molar-refractivity contribution >= 4 is 33.3 Å². The SMILES string of the molecule is CN1CCCCC1CCN1C(=O)C(=O)c2c(Br)cccc21. The van der Waals surface area contributed by atoms with Crippen molar-refractivity contribution in [1.29, 1.82) is 0 Å². The van der Waals surface area contributed by atoms with Crippen molar-refractivity contribution in [1.82, 2.24) is 4.90 Å². The van der Waals surface area contributed by atoms with Crippen LogP contribution in [0, 0.1) is 0 Å². The van der Waals surface area contributed by atoms with E-state index in [1.807, 2.05) is 18.2 Å². The second-order valence-corrected chi connectivity index (χ2v) is 6.69. The Bertz CT molecular complexity index is 588. The van der Waals surface area contributed by atoms with E-state index in [1.54, 1.807) is 4.90 Å². The number of hydrogen-bond acceptors (Lipinski definition) is 3. The highest BCUT2D eigenvalue weighted by molar-refractivity contribution is 9.10. The zero-order chi connectivity index (χ0) is 15.0. The minimum Gasteiger partial charge on any atom is -0.305 e. The molecule has 1 fully saturated rings. The highest BCUT2D eigenvalue weighted by Gasteiger charge is 2.37. The second kappa shape index (κ2) is 5.89. The number of Topliss-reactive ketones (excluding diaryl/α,β-unsaturated/α-hetero) is 1. The van der Waals surface area contributed by atoms with Crippen LogP contribution in [-0.4, -0.2) is 42.8 Å². The van der Waals surface area contributed by atoms with Gasteiger partial charge in [0, 0.05) is 17.1 Å². The highest BCUT2D eigenvalue weighted by atomic mass is 79.9. The van der Waals surface area contributed by atoms with Gasteiger partial charge in [-0.3, -0.25) is 9.59 Å². The first-order valence-electron chi connectivity index (χ1n) is 7.44. The maximum Gasteiger partial charge on any atom is 0.299 e. The summed E-state index contributed by atoms with van der Waals surface area (Å²) in [5.41, 5.74) is 1.26. The minimum atomic E-state index is -0.394. The molecular formula is C16H19BrN2O2. The summed E-state index contributed by atoms with van der Waals surface area (Å²) in [6, 6.07) is 6.04. The fraction of sp³-hybridized carbons (Fsp3) is 0.500. The summed E-state index contributed by atoms with van der Waals surface area (Å²) in [7, 11) is 2.14. The van der Waals surface area contributed by atoms with E-state index in [9.17, 15) is 9.59 Å². The average molecular weight is 351 g/mol. The van der Waals surface area contributed by atoms with Gasteiger partial charge in [-0.25, -0.2) is 0 Å². The lowest BCUT2D eigenvalue weighted by molar-refractivity contribution is -0.114. The molecule has 0 aliphatic carbocycles. The normalized spacial score (nSPS) is 22.8. The lowest BCUT2D eigenvalue weighted by atomic mass is 10.00. The molecule has 0 bridgehead atoms. The van der Waals surface area contributed by atoms with Gasteiger partial charge in [0.15, 0.2) is 0 Å². The Labute approximate surface area is 133 Å². The zero-order valence-electron chi connectivity index (χ0n) is 12.1. The second-order valence-electron chi connectivity index (χ2n) is 5.84. The quantitative estimate of drug-likeness (QED) is 0.787. The molecule has 1 atom stereocenters. The van der Waals surface area contributed by atoms with Gasteiger partial charge in [0.05, 0.1) is 11.3 Å². The molecule has 1 aromatic carbocycles. The molecule has 1 unspecified atom stereocenters. The van der Waals surface area contributed by atoms with Crippen molar-refractivity contribution in [3.63, 3.8) is 0 Å². The summed E-state index contributed by atoms with van der Waals surface area (Å²) in [5.74, 6) is -0.787. The molecule has 2 heterocycles. The Morgan fingerprint density at radius 3 is 2.86 bits per heavy atom. The number of fused-ring (bicyclic) bond motifs is 1. The van der Waals surface area contributed by atoms with Gasteiger partial charge in [0.1, 0.15) is 0 Å². The van der Waals surface area contributed by atoms with Crippen LogP contribution in [0.25, 0.3) is 0 Å². The van der Waals surface area contributed by atoms with Crippen molar-refractivity contribution in [3.8, 4) is 0 Å². The van der Waals surface area contributed by atoms with Gasteiger partial charge in [-0.1, -0.05) is 12.5 Å². The lowest BCUT2D eigenvalue weighted by Crippen LogP contribution is -2.40. The molecule has 21 heavy (non-hydrogen) atoms. The van der Waals surface area contributed by atoms with Gasteiger partial charge >= 0.3 is 0 Å². The van der Waals surface area contributed by atoms with E-state index in [1.165, 1.54) is 19.3 Å². The third kappa shape index (κ3) is 2.64. The molecule has 2 aliphatic heterocycles. The number of halogens is 1. The van der Waals surface area contributed by atoms with E-state index in [4.69, 9.17) is 0 Å². The van der Waals surface area contributed by atoms with Crippen LogP contribution in [0.15, 0.2) is 22.7 Å². The van der Waals surface area contributed by atoms with Gasteiger partial charge in [-0.15, -0.1) is 0 Å². The minimum absolute atomic E-state index is 0.393. The highest BCUT2D eigenvalue weighted by Crippen LogP contribution is 2.34. The number of likely N-dealkylation sites (tertiary alicyclic amines) is 1. The summed E-state index contributed by atoms with van der Waals surface area (Å²) >= 11 is 3.37. The first-order chi connectivity index (χ1) is 10.1. The summed E-state index contributed by atoms with van der Waals surface area (Å²) in [6.07, 6.45) is 4.60. The van der Waals surface area contributed by atoms with Crippen molar-refractivity contribution in [3.05, 3.63) is 28.2 Å². The topological polar surface area (TPSA) is 40.6 Å². The molecule has 4 nitrogen and oxygen atoms in total. The van der Waals surface area contributed by atoms with E-state index in [0.717, 1.165) is 18.7 Å². The van der Waals surface area contributed by atoms with Gasteiger partial charge < -0.3 is 9.80 Å². The molecule has 1 aromatic rings. The summed E-state index contributed by atoms with van der Waals surface area (Å²) in [5, 5.41) is 0. The van der Waals surface area contributed by atoms with Crippen LogP contribution in [0.4, 0.5) is 5.69 Å². The van der Waals surface area contributed by atoms with Gasteiger partial charge in [-0.05, 0) is 60.9 Å². The van der Waals surface area contributed by atoms with Crippen LogP contribution in [0.5, 0.6) is 0 Å². The van der Waals surface area contributed by atoms with Gasteiger partial charge in [-0.2, -0.15) is 0 Å². The maximum atomic E-state index is 12.2. The molecule has 1 saturated heterocycles. The predicted molar refractivity (Wildman–Crippen MR) is 85.7 cm³/mol. The third-order valence-electron chi connectivity index (χ3n) is 4.56. The van der Waals surface area contributed by atoms with E-state index in [-0.39, 0.29) is 0 Å². The molecule has 1 amide bonds. The number of benzene rings is 1. The van der Waals surface area contributed by atoms with Crippen LogP contribution in [0.2, 0.25) is 0 Å². The molecular weight excluding hydrogens is 332 g/mol. The Balaban J connectivity index is 1.76. The van der Waals surface area contributed by atoms with Crippen LogP contribution in [0.3, 0.4) is 0 Å². The molecule has 2 aliphatic rings. The monoisotopic (exact) mass is 350 g/mol. The standard InChI is InChI=1S/C16H19BrN2O2/c1-18-9-3-2-5-11(18)8-10-19-13-7-4-6-12(17)14(13)15(20)16(19)21/h4,6-7,11H,2-3,5,8-10H2,1H3. The number of carbonyl (C=O) groups is 2. The third-order valence-corrected chi connectivity index (χ3v) is 5.22. The van der Waals surface area contributed by atoms with Crippen molar-refractivity contribution < 1.29 is 9.59 Å². The lowest BCUT2D eigenvalue weighted by Gasteiger charge is -2.33. The maximum absolute atomic E-state index is 12.2. The summed E-state index contributed by atoms with van der Waals surface area (Å²) < 4.78 is 0.704. The number of anilines is 1. The van der Waals surface area contributed by atoms with Gasteiger partial charge in [0.2, 0.25) is 0 Å². The zero-order valence-corrected chi connectivity index (χ0v) is 13.7. The Kier molecular flexibility index (Phi) is 4.13.